The number of hydrogen-bond donors (Lipinski definition) is 1. The number of carbonyl (C=O) groups is 3. The van der Waals surface area contributed by atoms with Crippen LogP contribution in [0.4, 0.5) is 0 Å². The highest BCUT2D eigenvalue weighted by Crippen LogP contribution is 2.60. The monoisotopic (exact) mass is 383 g/mol. The Morgan fingerprint density at radius 3 is 2.71 bits per heavy atom. The van der Waals surface area contributed by atoms with Crippen LogP contribution in [0.3, 0.4) is 0 Å². The quantitative estimate of drug-likeness (QED) is 0.598. The Labute approximate surface area is 160 Å². The van der Waals surface area contributed by atoms with Gasteiger partial charge in [0.1, 0.15) is 0 Å². The van der Waals surface area contributed by atoms with Crippen LogP contribution in [0.1, 0.15) is 23.7 Å². The van der Waals surface area contributed by atoms with Crippen LogP contribution in [-0.4, -0.2) is 54.5 Å². The molecule has 0 radical (unpaired) electrons. The molecule has 2 fully saturated rings. The van der Waals surface area contributed by atoms with E-state index in [9.17, 15) is 19.5 Å². The van der Waals surface area contributed by atoms with Crippen LogP contribution in [0.25, 0.3) is 0 Å². The first-order chi connectivity index (χ1) is 13.4. The van der Waals surface area contributed by atoms with Gasteiger partial charge in [-0.25, -0.2) is 4.79 Å². The van der Waals surface area contributed by atoms with Gasteiger partial charge in [0, 0.05) is 23.1 Å². The third kappa shape index (κ3) is 1.82. The minimum absolute atomic E-state index is 0.0770. The first-order valence-electron chi connectivity index (χ1n) is 8.88. The molecule has 28 heavy (non-hydrogen) atoms. The zero-order chi connectivity index (χ0) is 19.8. The maximum Gasteiger partial charge on any atom is 0.397 e. The highest BCUT2D eigenvalue weighted by Gasteiger charge is 2.60. The first-order valence-corrected chi connectivity index (χ1v) is 8.88. The molecule has 1 aromatic carbocycles. The van der Waals surface area contributed by atoms with Crippen molar-refractivity contribution in [2.24, 2.45) is 0 Å². The third-order valence-electron chi connectivity index (χ3n) is 6.15. The van der Waals surface area contributed by atoms with Crippen molar-refractivity contribution in [3.8, 4) is 11.5 Å². The SMILES string of the molecule is COC1=C[C@]23CCN4C(=O)C(=O)OC(c5ccc(OC)c(O)c52)[C@@H]4C3=CC1=O. The number of phenolic OH excluding ortho intramolecular Hbond substituents is 1. The second kappa shape index (κ2) is 5.37. The second-order valence-electron chi connectivity index (χ2n) is 7.25. The molecule has 2 saturated heterocycles. The molecule has 1 N–H and O–H groups in total. The summed E-state index contributed by atoms with van der Waals surface area (Å²) in [5.74, 6) is -1.62. The van der Waals surface area contributed by atoms with Gasteiger partial charge in [-0.3, -0.25) is 9.59 Å². The number of methoxy groups -OCH3 is 2. The Balaban J connectivity index is 1.86. The van der Waals surface area contributed by atoms with E-state index in [1.165, 1.54) is 25.2 Å². The first kappa shape index (κ1) is 16.9. The van der Waals surface area contributed by atoms with Crippen LogP contribution in [0.15, 0.2) is 35.6 Å². The molecule has 3 atom stereocenters. The molecular formula is C20H17NO7. The third-order valence-corrected chi connectivity index (χ3v) is 6.15. The van der Waals surface area contributed by atoms with Crippen LogP contribution in [0.2, 0.25) is 0 Å². The number of fused-ring (bicyclic) bond motifs is 2. The summed E-state index contributed by atoms with van der Waals surface area (Å²) < 4.78 is 16.0. The molecule has 0 aromatic heterocycles. The normalized spacial score (nSPS) is 29.9. The Morgan fingerprint density at radius 1 is 1.21 bits per heavy atom. The van der Waals surface area contributed by atoms with Gasteiger partial charge in [0.2, 0.25) is 5.78 Å². The van der Waals surface area contributed by atoms with Crippen LogP contribution in [0.5, 0.6) is 11.5 Å². The Morgan fingerprint density at radius 2 is 2.00 bits per heavy atom. The molecule has 8 heteroatoms. The summed E-state index contributed by atoms with van der Waals surface area (Å²) in [6.07, 6.45) is 2.73. The van der Waals surface area contributed by atoms with Crippen molar-refractivity contribution >= 4 is 17.7 Å². The molecule has 2 heterocycles. The van der Waals surface area contributed by atoms with Crippen molar-refractivity contribution in [3.63, 3.8) is 0 Å². The minimum Gasteiger partial charge on any atom is -0.504 e. The lowest BCUT2D eigenvalue weighted by molar-refractivity contribution is -0.180. The van der Waals surface area contributed by atoms with Crippen LogP contribution in [-0.2, 0) is 29.3 Å². The number of carbonyl (C=O) groups excluding carboxylic acids is 3. The molecule has 144 valence electrons. The van der Waals surface area contributed by atoms with Crippen molar-refractivity contribution < 1.29 is 33.7 Å². The Hall–Kier alpha value is -3.29. The number of nitrogens with zero attached hydrogens (tertiary/aromatic N) is 1. The number of ketones is 1. The summed E-state index contributed by atoms with van der Waals surface area (Å²) in [4.78, 5) is 38.6. The zero-order valence-corrected chi connectivity index (χ0v) is 15.2. The fourth-order valence-electron chi connectivity index (χ4n) is 4.98. The summed E-state index contributed by atoms with van der Waals surface area (Å²) in [5.41, 5.74) is 0.872. The molecule has 0 spiro atoms. The van der Waals surface area contributed by atoms with Crippen molar-refractivity contribution in [3.05, 3.63) is 46.7 Å². The van der Waals surface area contributed by atoms with Gasteiger partial charge >= 0.3 is 11.9 Å². The number of ether oxygens (including phenoxy) is 3. The van der Waals surface area contributed by atoms with Crippen molar-refractivity contribution in [1.29, 1.82) is 0 Å². The van der Waals surface area contributed by atoms with E-state index in [-0.39, 0.29) is 29.6 Å². The van der Waals surface area contributed by atoms with Crippen LogP contribution in [0, 0.1) is 0 Å². The largest absolute Gasteiger partial charge is 0.504 e. The number of rotatable bonds is 2. The van der Waals surface area contributed by atoms with Gasteiger partial charge in [-0.05, 0) is 30.2 Å². The fraction of sp³-hybridized carbons (Fsp3) is 0.350. The summed E-state index contributed by atoms with van der Waals surface area (Å²) >= 11 is 0. The number of morpholine rings is 1. The predicted octanol–water partition coefficient (Wildman–Crippen LogP) is 0.890. The smallest absolute Gasteiger partial charge is 0.397 e. The number of piperidine rings is 1. The minimum atomic E-state index is -0.937. The van der Waals surface area contributed by atoms with Gasteiger partial charge < -0.3 is 24.2 Å². The van der Waals surface area contributed by atoms with Gasteiger partial charge in [-0.15, -0.1) is 0 Å². The number of hydrogen-bond acceptors (Lipinski definition) is 7. The number of phenols is 1. The standard InChI is InChI=1S/C20H17NO7/c1-26-12-4-3-9-14(16(12)23)20-5-6-21-15(17(9)28-19(25)18(21)24)10(20)7-11(22)13(8-20)27-2/h3-4,7-8,15,17,23H,5-6H2,1-2H3/t15-,17?,20-/m0/s1. The number of esters is 1. The molecule has 5 rings (SSSR count). The molecular weight excluding hydrogens is 366 g/mol. The molecule has 1 aromatic rings. The lowest BCUT2D eigenvalue weighted by Crippen LogP contribution is -2.63. The van der Waals surface area contributed by atoms with E-state index < -0.39 is 29.4 Å². The molecule has 8 nitrogen and oxygen atoms in total. The maximum atomic E-state index is 12.5. The van der Waals surface area contributed by atoms with E-state index >= 15 is 0 Å². The average Bonchev–Trinajstić information content (AvgIpc) is 2.69. The fourth-order valence-corrected chi connectivity index (χ4v) is 4.98. The van der Waals surface area contributed by atoms with Crippen molar-refractivity contribution in [2.45, 2.75) is 24.0 Å². The molecule has 4 aliphatic rings. The van der Waals surface area contributed by atoms with E-state index in [1.807, 2.05) is 0 Å². The Kier molecular flexibility index (Phi) is 3.23. The van der Waals surface area contributed by atoms with E-state index in [0.717, 1.165) is 0 Å². The topological polar surface area (TPSA) is 102 Å². The summed E-state index contributed by atoms with van der Waals surface area (Å²) in [6, 6.07) is 2.73. The van der Waals surface area contributed by atoms with Crippen LogP contribution >= 0.6 is 0 Å². The summed E-state index contributed by atoms with van der Waals surface area (Å²) in [7, 11) is 2.86. The van der Waals surface area contributed by atoms with Crippen LogP contribution < -0.4 is 4.74 Å². The van der Waals surface area contributed by atoms with Crippen molar-refractivity contribution in [1.82, 2.24) is 4.90 Å². The van der Waals surface area contributed by atoms with Gasteiger partial charge in [0.15, 0.2) is 23.4 Å². The van der Waals surface area contributed by atoms with Gasteiger partial charge in [0.25, 0.3) is 0 Å². The van der Waals surface area contributed by atoms with Crippen molar-refractivity contribution in [2.75, 3.05) is 20.8 Å². The molecule has 0 saturated carbocycles. The average molecular weight is 383 g/mol. The highest BCUT2D eigenvalue weighted by molar-refractivity contribution is 6.33. The molecule has 2 aliphatic carbocycles. The highest BCUT2D eigenvalue weighted by atomic mass is 16.6. The van der Waals surface area contributed by atoms with E-state index in [0.29, 0.717) is 23.1 Å². The van der Waals surface area contributed by atoms with E-state index in [4.69, 9.17) is 14.2 Å². The van der Waals surface area contributed by atoms with E-state index in [1.54, 1.807) is 18.2 Å². The van der Waals surface area contributed by atoms with Gasteiger partial charge in [-0.1, -0.05) is 6.07 Å². The van der Waals surface area contributed by atoms with Gasteiger partial charge in [0.05, 0.1) is 20.3 Å². The Bertz CT molecular complexity index is 1020. The van der Waals surface area contributed by atoms with Gasteiger partial charge in [-0.2, -0.15) is 0 Å². The molecule has 2 bridgehead atoms. The zero-order valence-electron chi connectivity index (χ0n) is 15.2. The van der Waals surface area contributed by atoms with E-state index in [2.05, 4.69) is 0 Å². The predicted molar refractivity (Wildman–Crippen MR) is 93.5 cm³/mol. The number of benzene rings is 1. The molecule has 2 aliphatic heterocycles. The second-order valence-corrected chi connectivity index (χ2v) is 7.25. The summed E-state index contributed by atoms with van der Waals surface area (Å²) in [6.45, 7) is 0.282. The lowest BCUT2D eigenvalue weighted by atomic mass is 9.57. The number of allylic oxidation sites excluding steroid dienone is 2. The molecule has 1 amide bonds. The maximum absolute atomic E-state index is 12.5. The lowest BCUT2D eigenvalue weighted by Gasteiger charge is -2.56. The number of amides is 1. The summed E-state index contributed by atoms with van der Waals surface area (Å²) in [5, 5.41) is 11.0. The molecule has 1 unspecified atom stereocenters. The number of aromatic hydroxyl groups is 1.